The quantitative estimate of drug-likeness (QED) is 0.824. The summed E-state index contributed by atoms with van der Waals surface area (Å²) >= 11 is 5.71. The van der Waals surface area contributed by atoms with Crippen molar-refractivity contribution in [2.45, 2.75) is 6.92 Å². The fourth-order valence-corrected chi connectivity index (χ4v) is 1.60. The topological polar surface area (TPSA) is 38.9 Å². The summed E-state index contributed by atoms with van der Waals surface area (Å²) < 4.78 is 13.7. The number of hydrogen-bond acceptors (Lipinski definition) is 2. The highest BCUT2D eigenvalue weighted by atomic mass is 35.5. The minimum Gasteiger partial charge on any atom is -0.397 e. The van der Waals surface area contributed by atoms with E-state index in [4.69, 9.17) is 17.3 Å². The highest BCUT2D eigenvalue weighted by Gasteiger charge is 2.09. The van der Waals surface area contributed by atoms with Gasteiger partial charge in [0, 0.05) is 17.3 Å². The third-order valence-corrected chi connectivity index (χ3v) is 2.68. The normalized spacial score (nSPS) is 10.4. The highest BCUT2D eigenvalue weighted by molar-refractivity contribution is 6.31. The molecule has 0 fully saturated rings. The number of anilines is 1. The van der Waals surface area contributed by atoms with Crippen LogP contribution in [0.1, 0.15) is 5.69 Å². The minimum atomic E-state index is -0.450. The van der Waals surface area contributed by atoms with Gasteiger partial charge in [-0.2, -0.15) is 0 Å². The van der Waals surface area contributed by atoms with Gasteiger partial charge >= 0.3 is 0 Å². The Balaban J connectivity index is 2.59. The lowest BCUT2D eigenvalue weighted by Crippen LogP contribution is -1.94. The molecule has 0 saturated carbocycles. The summed E-state index contributed by atoms with van der Waals surface area (Å²) in [5, 5.41) is 0.0941. The Labute approximate surface area is 97.9 Å². The average molecular weight is 237 g/mol. The molecule has 2 nitrogen and oxygen atoms in total. The molecule has 0 aliphatic carbocycles. The summed E-state index contributed by atoms with van der Waals surface area (Å²) in [5.41, 5.74) is 8.03. The molecule has 1 heterocycles. The predicted molar refractivity (Wildman–Crippen MR) is 63.8 cm³/mol. The van der Waals surface area contributed by atoms with E-state index in [1.165, 1.54) is 6.07 Å². The van der Waals surface area contributed by atoms with Crippen molar-refractivity contribution in [1.29, 1.82) is 0 Å². The van der Waals surface area contributed by atoms with Crippen molar-refractivity contribution >= 4 is 17.3 Å². The van der Waals surface area contributed by atoms with E-state index < -0.39 is 5.82 Å². The van der Waals surface area contributed by atoms with Gasteiger partial charge in [0.1, 0.15) is 5.82 Å². The largest absolute Gasteiger partial charge is 0.397 e. The maximum absolute atomic E-state index is 13.7. The molecule has 2 rings (SSSR count). The first kappa shape index (κ1) is 10.9. The lowest BCUT2D eigenvalue weighted by Gasteiger charge is -2.06. The van der Waals surface area contributed by atoms with Crippen LogP contribution < -0.4 is 5.73 Å². The smallest absolute Gasteiger partial charge is 0.149 e. The van der Waals surface area contributed by atoms with Crippen molar-refractivity contribution in [1.82, 2.24) is 4.98 Å². The molecule has 0 aliphatic heterocycles. The summed E-state index contributed by atoms with van der Waals surface area (Å²) in [6, 6.07) is 6.53. The van der Waals surface area contributed by atoms with Gasteiger partial charge in [-0.1, -0.05) is 23.7 Å². The van der Waals surface area contributed by atoms with E-state index in [9.17, 15) is 4.39 Å². The average Bonchev–Trinajstić information content (AvgIpc) is 2.26. The molecule has 0 aliphatic rings. The van der Waals surface area contributed by atoms with Crippen molar-refractivity contribution in [3.8, 4) is 11.1 Å². The van der Waals surface area contributed by atoms with Crippen molar-refractivity contribution in [3.05, 3.63) is 47.0 Å². The van der Waals surface area contributed by atoms with Gasteiger partial charge in [0.05, 0.1) is 16.4 Å². The lowest BCUT2D eigenvalue weighted by atomic mass is 10.1. The van der Waals surface area contributed by atoms with Crippen LogP contribution in [0.15, 0.2) is 30.5 Å². The van der Waals surface area contributed by atoms with Crippen LogP contribution in [0.5, 0.6) is 0 Å². The fourth-order valence-electron chi connectivity index (χ4n) is 1.42. The van der Waals surface area contributed by atoms with E-state index in [2.05, 4.69) is 4.98 Å². The SMILES string of the molecule is Cc1ncc(-c2cccc(Cl)c2F)cc1N. The maximum atomic E-state index is 13.7. The Morgan fingerprint density at radius 2 is 2.12 bits per heavy atom. The molecule has 0 atom stereocenters. The van der Waals surface area contributed by atoms with E-state index in [0.717, 1.165) is 5.69 Å². The number of rotatable bonds is 1. The van der Waals surface area contributed by atoms with Gasteiger partial charge in [-0.15, -0.1) is 0 Å². The summed E-state index contributed by atoms with van der Waals surface area (Å²) in [5.74, 6) is -0.450. The molecule has 0 spiro atoms. The molecule has 2 N–H and O–H groups in total. The number of nitrogen functional groups attached to an aromatic ring is 1. The molecule has 0 saturated heterocycles. The van der Waals surface area contributed by atoms with Crippen LogP contribution >= 0.6 is 11.6 Å². The van der Waals surface area contributed by atoms with Crippen LogP contribution in [0.4, 0.5) is 10.1 Å². The minimum absolute atomic E-state index is 0.0941. The van der Waals surface area contributed by atoms with Gasteiger partial charge in [0.2, 0.25) is 0 Å². The monoisotopic (exact) mass is 236 g/mol. The number of hydrogen-bond donors (Lipinski definition) is 1. The van der Waals surface area contributed by atoms with E-state index in [1.807, 2.05) is 0 Å². The number of aryl methyl sites for hydroxylation is 1. The van der Waals surface area contributed by atoms with Crippen molar-refractivity contribution in [3.63, 3.8) is 0 Å². The molecule has 0 unspecified atom stereocenters. The first-order valence-electron chi connectivity index (χ1n) is 4.76. The zero-order chi connectivity index (χ0) is 11.7. The molecular formula is C12H10ClFN2. The first-order chi connectivity index (χ1) is 7.59. The first-order valence-corrected chi connectivity index (χ1v) is 5.14. The van der Waals surface area contributed by atoms with Crippen molar-refractivity contribution < 1.29 is 4.39 Å². The number of benzene rings is 1. The Hall–Kier alpha value is -1.61. The fraction of sp³-hybridized carbons (Fsp3) is 0.0833. The molecule has 2 aromatic rings. The zero-order valence-corrected chi connectivity index (χ0v) is 9.42. The van der Waals surface area contributed by atoms with E-state index in [-0.39, 0.29) is 5.02 Å². The van der Waals surface area contributed by atoms with Gasteiger partial charge in [-0.25, -0.2) is 4.39 Å². The Bertz CT molecular complexity index is 541. The molecule has 0 radical (unpaired) electrons. The third kappa shape index (κ3) is 1.86. The highest BCUT2D eigenvalue weighted by Crippen LogP contribution is 2.28. The van der Waals surface area contributed by atoms with E-state index in [1.54, 1.807) is 31.3 Å². The molecule has 0 bridgehead atoms. The van der Waals surface area contributed by atoms with Gasteiger partial charge in [0.15, 0.2) is 0 Å². The number of aromatic nitrogens is 1. The number of nitrogens with two attached hydrogens (primary N) is 1. The second kappa shape index (κ2) is 4.10. The Morgan fingerprint density at radius 1 is 1.38 bits per heavy atom. The summed E-state index contributed by atoms with van der Waals surface area (Å²) in [4.78, 5) is 4.09. The zero-order valence-electron chi connectivity index (χ0n) is 8.67. The summed E-state index contributed by atoms with van der Waals surface area (Å²) in [6.07, 6.45) is 1.58. The van der Waals surface area contributed by atoms with Gasteiger partial charge < -0.3 is 5.73 Å². The van der Waals surface area contributed by atoms with Crippen molar-refractivity contribution in [2.75, 3.05) is 5.73 Å². The second-order valence-corrected chi connectivity index (χ2v) is 3.91. The van der Waals surface area contributed by atoms with Gasteiger partial charge in [0.25, 0.3) is 0 Å². The van der Waals surface area contributed by atoms with Crippen LogP contribution in [-0.2, 0) is 0 Å². The third-order valence-electron chi connectivity index (χ3n) is 2.39. The molecular weight excluding hydrogens is 227 g/mol. The number of halogens is 2. The van der Waals surface area contributed by atoms with Gasteiger partial charge in [-0.3, -0.25) is 4.98 Å². The number of pyridine rings is 1. The van der Waals surface area contributed by atoms with Crippen LogP contribution in [0.25, 0.3) is 11.1 Å². The lowest BCUT2D eigenvalue weighted by molar-refractivity contribution is 0.631. The Morgan fingerprint density at radius 3 is 2.81 bits per heavy atom. The molecule has 0 amide bonds. The van der Waals surface area contributed by atoms with E-state index >= 15 is 0 Å². The summed E-state index contributed by atoms with van der Waals surface area (Å²) in [6.45, 7) is 1.80. The van der Waals surface area contributed by atoms with Crippen LogP contribution in [0.2, 0.25) is 5.02 Å². The van der Waals surface area contributed by atoms with Gasteiger partial charge in [-0.05, 0) is 19.1 Å². The molecule has 1 aromatic heterocycles. The second-order valence-electron chi connectivity index (χ2n) is 3.50. The molecule has 1 aromatic carbocycles. The molecule has 4 heteroatoms. The van der Waals surface area contributed by atoms with E-state index in [0.29, 0.717) is 16.8 Å². The van der Waals surface area contributed by atoms with Crippen LogP contribution in [0, 0.1) is 12.7 Å². The molecule has 82 valence electrons. The van der Waals surface area contributed by atoms with Crippen molar-refractivity contribution in [2.24, 2.45) is 0 Å². The summed E-state index contributed by atoms with van der Waals surface area (Å²) in [7, 11) is 0. The Kier molecular flexibility index (Phi) is 2.79. The maximum Gasteiger partial charge on any atom is 0.149 e. The molecule has 16 heavy (non-hydrogen) atoms. The van der Waals surface area contributed by atoms with Crippen LogP contribution in [-0.4, -0.2) is 4.98 Å². The predicted octanol–water partition coefficient (Wildman–Crippen LogP) is 3.43. The van der Waals surface area contributed by atoms with Crippen LogP contribution in [0.3, 0.4) is 0 Å². The number of nitrogens with zero attached hydrogens (tertiary/aromatic N) is 1. The standard InChI is InChI=1S/C12H10ClFN2/c1-7-11(15)5-8(6-16-7)9-3-2-4-10(13)12(9)14/h2-6H,15H2,1H3.